The number of hydrogen-bond donors (Lipinski definition) is 2. The molecule has 1 aromatic carbocycles. The maximum atomic E-state index is 12.5. The highest BCUT2D eigenvalue weighted by Crippen LogP contribution is 2.35. The van der Waals surface area contributed by atoms with Gasteiger partial charge in [-0.1, -0.05) is 12.8 Å². The SMILES string of the molecule is COC(=O)c1ccc(NC(=O)CCN2C(=O)NC3(CCCC3)C2=O)cc1. The number of methoxy groups -OCH3 is 1. The Bertz CT molecular complexity index is 738. The monoisotopic (exact) mass is 359 g/mol. The average Bonchev–Trinajstić information content (AvgIpc) is 3.19. The molecule has 0 aromatic heterocycles. The molecule has 0 atom stereocenters. The van der Waals surface area contributed by atoms with Crippen LogP contribution in [0.5, 0.6) is 0 Å². The van der Waals surface area contributed by atoms with Gasteiger partial charge in [-0.15, -0.1) is 0 Å². The molecule has 138 valence electrons. The summed E-state index contributed by atoms with van der Waals surface area (Å²) in [6.07, 6.45) is 3.16. The Kier molecular flexibility index (Phi) is 4.92. The van der Waals surface area contributed by atoms with Crippen molar-refractivity contribution in [2.75, 3.05) is 19.0 Å². The molecule has 2 N–H and O–H groups in total. The van der Waals surface area contributed by atoms with E-state index in [0.29, 0.717) is 24.1 Å². The van der Waals surface area contributed by atoms with Crippen molar-refractivity contribution < 1.29 is 23.9 Å². The molecule has 3 rings (SSSR count). The van der Waals surface area contributed by atoms with Crippen LogP contribution in [0, 0.1) is 0 Å². The Labute approximate surface area is 150 Å². The maximum absolute atomic E-state index is 12.5. The van der Waals surface area contributed by atoms with Gasteiger partial charge in [-0.2, -0.15) is 0 Å². The second-order valence-electron chi connectivity index (χ2n) is 6.54. The van der Waals surface area contributed by atoms with Gasteiger partial charge in [-0.3, -0.25) is 14.5 Å². The van der Waals surface area contributed by atoms with Gasteiger partial charge in [0.1, 0.15) is 5.54 Å². The predicted octanol–water partition coefficient (Wildman–Crippen LogP) is 1.67. The Morgan fingerprint density at radius 3 is 2.46 bits per heavy atom. The summed E-state index contributed by atoms with van der Waals surface area (Å²) in [5.41, 5.74) is 0.149. The maximum Gasteiger partial charge on any atom is 0.337 e. The molecule has 2 aliphatic rings. The number of carbonyl (C=O) groups is 4. The molecule has 1 aliphatic heterocycles. The fourth-order valence-electron chi connectivity index (χ4n) is 3.44. The Morgan fingerprint density at radius 1 is 1.19 bits per heavy atom. The molecule has 1 heterocycles. The molecule has 8 nitrogen and oxygen atoms in total. The van der Waals surface area contributed by atoms with Crippen molar-refractivity contribution in [1.29, 1.82) is 0 Å². The van der Waals surface area contributed by atoms with Gasteiger partial charge in [0.25, 0.3) is 5.91 Å². The number of hydrogen-bond acceptors (Lipinski definition) is 5. The van der Waals surface area contributed by atoms with Gasteiger partial charge < -0.3 is 15.4 Å². The number of rotatable bonds is 5. The summed E-state index contributed by atoms with van der Waals surface area (Å²) in [6, 6.07) is 5.84. The third-order valence-corrected chi connectivity index (χ3v) is 4.86. The van der Waals surface area contributed by atoms with Crippen LogP contribution in [0.15, 0.2) is 24.3 Å². The lowest BCUT2D eigenvalue weighted by Gasteiger charge is -2.19. The minimum atomic E-state index is -0.753. The van der Waals surface area contributed by atoms with Crippen LogP contribution in [-0.2, 0) is 14.3 Å². The number of ether oxygens (including phenoxy) is 1. The molecular formula is C18H21N3O5. The molecular weight excluding hydrogens is 338 g/mol. The van der Waals surface area contributed by atoms with Crippen LogP contribution in [0.1, 0.15) is 42.5 Å². The van der Waals surface area contributed by atoms with Gasteiger partial charge in [0.15, 0.2) is 0 Å². The van der Waals surface area contributed by atoms with Crippen molar-refractivity contribution in [1.82, 2.24) is 10.2 Å². The van der Waals surface area contributed by atoms with Crippen molar-refractivity contribution in [3.63, 3.8) is 0 Å². The minimum Gasteiger partial charge on any atom is -0.465 e. The zero-order chi connectivity index (χ0) is 18.7. The first-order valence-corrected chi connectivity index (χ1v) is 8.57. The summed E-state index contributed by atoms with van der Waals surface area (Å²) in [7, 11) is 1.30. The molecule has 1 saturated heterocycles. The van der Waals surface area contributed by atoms with E-state index in [9.17, 15) is 19.2 Å². The lowest BCUT2D eigenvalue weighted by molar-refractivity contribution is -0.131. The van der Waals surface area contributed by atoms with Crippen LogP contribution in [0.25, 0.3) is 0 Å². The molecule has 8 heteroatoms. The van der Waals surface area contributed by atoms with Crippen molar-refractivity contribution in [2.24, 2.45) is 0 Å². The third-order valence-electron chi connectivity index (χ3n) is 4.86. The van der Waals surface area contributed by atoms with Crippen LogP contribution in [-0.4, -0.2) is 47.9 Å². The average molecular weight is 359 g/mol. The Hall–Kier alpha value is -2.90. The van der Waals surface area contributed by atoms with Crippen molar-refractivity contribution in [2.45, 2.75) is 37.6 Å². The number of imide groups is 1. The first-order chi connectivity index (χ1) is 12.4. The van der Waals surface area contributed by atoms with Crippen molar-refractivity contribution >= 4 is 29.5 Å². The number of nitrogens with zero attached hydrogens (tertiary/aromatic N) is 1. The third kappa shape index (κ3) is 3.40. The standard InChI is InChI=1S/C18H21N3O5/c1-26-15(23)12-4-6-13(7-5-12)19-14(22)8-11-21-16(24)18(20-17(21)25)9-2-3-10-18/h4-7H,2-3,8-11H2,1H3,(H,19,22)(H,20,25). The first kappa shape index (κ1) is 17.9. The molecule has 0 unspecified atom stereocenters. The van der Waals surface area contributed by atoms with Crippen molar-refractivity contribution in [3.8, 4) is 0 Å². The molecule has 1 aliphatic carbocycles. The van der Waals surface area contributed by atoms with Gasteiger partial charge in [0.05, 0.1) is 12.7 Å². The van der Waals surface area contributed by atoms with E-state index in [0.717, 1.165) is 17.7 Å². The Balaban J connectivity index is 1.53. The molecule has 0 bridgehead atoms. The molecule has 1 saturated carbocycles. The number of nitrogens with one attached hydrogen (secondary N) is 2. The lowest BCUT2D eigenvalue weighted by Crippen LogP contribution is -2.44. The lowest BCUT2D eigenvalue weighted by atomic mass is 9.98. The van der Waals surface area contributed by atoms with Gasteiger partial charge in [-0.25, -0.2) is 9.59 Å². The number of amides is 4. The molecule has 1 spiro atoms. The normalized spacial score (nSPS) is 18.1. The van der Waals surface area contributed by atoms with Crippen molar-refractivity contribution in [3.05, 3.63) is 29.8 Å². The van der Waals surface area contributed by atoms with Crippen LogP contribution >= 0.6 is 0 Å². The summed E-state index contributed by atoms with van der Waals surface area (Å²) in [4.78, 5) is 49.2. The summed E-state index contributed by atoms with van der Waals surface area (Å²) >= 11 is 0. The van der Waals surface area contributed by atoms with E-state index in [2.05, 4.69) is 15.4 Å². The van der Waals surface area contributed by atoms with E-state index in [-0.39, 0.29) is 24.8 Å². The largest absolute Gasteiger partial charge is 0.465 e. The molecule has 26 heavy (non-hydrogen) atoms. The number of carbonyl (C=O) groups excluding carboxylic acids is 4. The minimum absolute atomic E-state index is 0.00793. The fourth-order valence-corrected chi connectivity index (χ4v) is 3.44. The van der Waals surface area contributed by atoms with Gasteiger partial charge in [0.2, 0.25) is 5.91 Å². The number of benzene rings is 1. The molecule has 1 aromatic rings. The van der Waals surface area contributed by atoms with E-state index >= 15 is 0 Å². The van der Waals surface area contributed by atoms with E-state index in [1.807, 2.05) is 0 Å². The second kappa shape index (κ2) is 7.15. The zero-order valence-electron chi connectivity index (χ0n) is 14.5. The highest BCUT2D eigenvalue weighted by molar-refractivity contribution is 6.07. The highest BCUT2D eigenvalue weighted by Gasteiger charge is 2.52. The number of urea groups is 1. The predicted molar refractivity (Wildman–Crippen MR) is 92.5 cm³/mol. The van der Waals surface area contributed by atoms with E-state index < -0.39 is 17.5 Å². The zero-order valence-corrected chi connectivity index (χ0v) is 14.5. The Morgan fingerprint density at radius 2 is 1.85 bits per heavy atom. The smallest absolute Gasteiger partial charge is 0.337 e. The molecule has 0 radical (unpaired) electrons. The van der Waals surface area contributed by atoms with Crippen LogP contribution in [0.3, 0.4) is 0 Å². The topological polar surface area (TPSA) is 105 Å². The first-order valence-electron chi connectivity index (χ1n) is 8.57. The van der Waals surface area contributed by atoms with Crippen LogP contribution in [0.4, 0.5) is 10.5 Å². The van der Waals surface area contributed by atoms with Crippen LogP contribution in [0.2, 0.25) is 0 Å². The quantitative estimate of drug-likeness (QED) is 0.615. The number of anilines is 1. The molecule has 2 fully saturated rings. The second-order valence-corrected chi connectivity index (χ2v) is 6.54. The summed E-state index contributed by atoms with van der Waals surface area (Å²) in [5.74, 6) is -0.999. The summed E-state index contributed by atoms with van der Waals surface area (Å²) < 4.78 is 4.61. The number of esters is 1. The highest BCUT2D eigenvalue weighted by atomic mass is 16.5. The van der Waals surface area contributed by atoms with Gasteiger partial charge >= 0.3 is 12.0 Å². The summed E-state index contributed by atoms with van der Waals surface area (Å²) in [5, 5.41) is 5.47. The van der Waals surface area contributed by atoms with Gasteiger partial charge in [-0.05, 0) is 37.1 Å². The molecule has 4 amide bonds. The van der Waals surface area contributed by atoms with E-state index in [1.54, 1.807) is 24.3 Å². The van der Waals surface area contributed by atoms with Gasteiger partial charge in [0, 0.05) is 18.7 Å². The van der Waals surface area contributed by atoms with E-state index in [4.69, 9.17) is 0 Å². The van der Waals surface area contributed by atoms with Crippen LogP contribution < -0.4 is 10.6 Å². The summed E-state index contributed by atoms with van der Waals surface area (Å²) in [6.45, 7) is 0.0402. The van der Waals surface area contributed by atoms with E-state index in [1.165, 1.54) is 7.11 Å². The fraction of sp³-hybridized carbons (Fsp3) is 0.444.